The average Bonchev–Trinajstić information content (AvgIpc) is 2.22. The molecule has 0 radical (unpaired) electrons. The maximum absolute atomic E-state index is 11.1. The Morgan fingerprint density at radius 3 is 2.07 bits per heavy atom. The van der Waals surface area contributed by atoms with Gasteiger partial charge in [0.05, 0.1) is 0 Å². The van der Waals surface area contributed by atoms with E-state index in [1.165, 1.54) is 0 Å². The van der Waals surface area contributed by atoms with Crippen molar-refractivity contribution in [2.45, 2.75) is 19.4 Å². The molecule has 0 atom stereocenters. The molecule has 6 aliphatic rings. The predicted molar refractivity (Wildman–Crippen MR) is 52.7 cm³/mol. The molecule has 0 aromatic carbocycles. The molecule has 78 valence electrons. The first-order valence-electron chi connectivity index (χ1n) is 6.04. The minimum absolute atomic E-state index is 0.0641. The fourth-order valence-corrected chi connectivity index (χ4v) is 6.59. The zero-order chi connectivity index (χ0) is 10.2. The minimum atomic E-state index is -0.0641. The highest BCUT2D eigenvalue weighted by Crippen LogP contribution is 3.08. The zero-order valence-electron chi connectivity index (χ0n) is 8.94. The van der Waals surface area contributed by atoms with Crippen LogP contribution in [-0.4, -0.2) is 11.6 Å². The largest absolute Gasteiger partial charge is 0.458 e. The monoisotopic (exact) mass is 202 g/mol. The van der Waals surface area contributed by atoms with Gasteiger partial charge < -0.3 is 4.74 Å². The lowest BCUT2D eigenvalue weighted by Gasteiger charge is -3.09. The first kappa shape index (κ1) is 7.48. The molecule has 0 bridgehead atoms. The number of hydrogen-bond donors (Lipinski definition) is 0. The fraction of sp³-hybridized carbons (Fsp3) is 0.769. The summed E-state index contributed by atoms with van der Waals surface area (Å²) in [6.07, 6.45) is 4.67. The van der Waals surface area contributed by atoms with Crippen LogP contribution in [0.3, 0.4) is 0 Å². The molecule has 2 nitrogen and oxygen atoms in total. The van der Waals surface area contributed by atoms with Crippen molar-refractivity contribution >= 4 is 5.97 Å². The standard InChI is InChI=1S/C13H14O2/c1-3-4-12-6-9-7(12)11-8(12)10(6)13(9,11)15-5(2)14/h3-4,6-11H,1-2H3. The van der Waals surface area contributed by atoms with Crippen molar-refractivity contribution in [1.29, 1.82) is 0 Å². The molecule has 15 heavy (non-hydrogen) atoms. The van der Waals surface area contributed by atoms with Gasteiger partial charge in [-0.3, -0.25) is 4.79 Å². The molecule has 0 unspecified atom stereocenters. The van der Waals surface area contributed by atoms with E-state index in [9.17, 15) is 4.79 Å². The number of carbonyl (C=O) groups is 1. The van der Waals surface area contributed by atoms with E-state index in [4.69, 9.17) is 4.74 Å². The lowest BCUT2D eigenvalue weighted by atomic mass is 8.95. The van der Waals surface area contributed by atoms with Gasteiger partial charge in [0.25, 0.3) is 0 Å². The lowest BCUT2D eigenvalue weighted by Crippen LogP contribution is -3.12. The van der Waals surface area contributed by atoms with Crippen LogP contribution < -0.4 is 0 Å². The second kappa shape index (κ2) is 1.59. The summed E-state index contributed by atoms with van der Waals surface area (Å²) in [5, 5.41) is 0. The molecular weight excluding hydrogens is 188 g/mol. The molecule has 0 heterocycles. The molecule has 0 N–H and O–H groups in total. The molecular formula is C13H14O2. The number of rotatable bonds is 2. The fourth-order valence-electron chi connectivity index (χ4n) is 6.59. The SMILES string of the molecule is CC=CC12C3C4C1C1C2C3C41OC(C)=O. The highest BCUT2D eigenvalue weighted by Gasteiger charge is 3.11. The van der Waals surface area contributed by atoms with E-state index in [1.54, 1.807) is 6.92 Å². The number of hydrogen-bond acceptors (Lipinski definition) is 2. The van der Waals surface area contributed by atoms with Crippen molar-refractivity contribution in [3.05, 3.63) is 12.2 Å². The van der Waals surface area contributed by atoms with E-state index in [-0.39, 0.29) is 11.6 Å². The third kappa shape index (κ3) is 0.357. The van der Waals surface area contributed by atoms with Crippen molar-refractivity contribution in [3.63, 3.8) is 0 Å². The smallest absolute Gasteiger partial charge is 0.303 e. The van der Waals surface area contributed by atoms with Gasteiger partial charge >= 0.3 is 5.97 Å². The Balaban J connectivity index is 1.52. The maximum atomic E-state index is 11.1. The van der Waals surface area contributed by atoms with E-state index in [1.807, 2.05) is 0 Å². The van der Waals surface area contributed by atoms with Crippen LogP contribution in [0.5, 0.6) is 0 Å². The first-order chi connectivity index (χ1) is 7.21. The Bertz CT molecular complexity index is 394. The van der Waals surface area contributed by atoms with Crippen LogP contribution in [0.25, 0.3) is 0 Å². The van der Waals surface area contributed by atoms with Crippen LogP contribution in [0.1, 0.15) is 13.8 Å². The van der Waals surface area contributed by atoms with Crippen molar-refractivity contribution in [3.8, 4) is 0 Å². The number of allylic oxidation sites excluding steroid dienone is 2. The van der Waals surface area contributed by atoms with E-state index >= 15 is 0 Å². The highest BCUT2D eigenvalue weighted by atomic mass is 16.6. The number of esters is 1. The van der Waals surface area contributed by atoms with E-state index in [2.05, 4.69) is 19.1 Å². The quantitative estimate of drug-likeness (QED) is 0.502. The van der Waals surface area contributed by atoms with E-state index in [0.29, 0.717) is 5.41 Å². The highest BCUT2D eigenvalue weighted by molar-refractivity contribution is 5.70. The summed E-state index contributed by atoms with van der Waals surface area (Å²) in [4.78, 5) is 11.1. The van der Waals surface area contributed by atoms with Gasteiger partial charge in [-0.05, 0) is 30.1 Å². The van der Waals surface area contributed by atoms with Gasteiger partial charge in [-0.25, -0.2) is 0 Å². The topological polar surface area (TPSA) is 26.3 Å². The van der Waals surface area contributed by atoms with Crippen molar-refractivity contribution in [2.75, 3.05) is 0 Å². The third-order valence-electron chi connectivity index (χ3n) is 6.39. The van der Waals surface area contributed by atoms with Gasteiger partial charge in [0.15, 0.2) is 0 Å². The summed E-state index contributed by atoms with van der Waals surface area (Å²) in [6.45, 7) is 3.69. The first-order valence-corrected chi connectivity index (χ1v) is 6.04. The van der Waals surface area contributed by atoms with Gasteiger partial charge in [0, 0.05) is 24.7 Å². The Labute approximate surface area is 88.7 Å². The molecule has 0 aliphatic heterocycles. The van der Waals surface area contributed by atoms with Crippen LogP contribution in [-0.2, 0) is 9.53 Å². The molecule has 6 aliphatic carbocycles. The molecule has 2 heteroatoms. The van der Waals surface area contributed by atoms with Crippen molar-refractivity contribution < 1.29 is 9.53 Å². The zero-order valence-corrected chi connectivity index (χ0v) is 8.94. The molecule has 0 spiro atoms. The lowest BCUT2D eigenvalue weighted by molar-refractivity contribution is -0.646. The summed E-state index contributed by atoms with van der Waals surface area (Å²) in [7, 11) is 0. The maximum Gasteiger partial charge on any atom is 0.303 e. The minimum Gasteiger partial charge on any atom is -0.458 e. The van der Waals surface area contributed by atoms with Gasteiger partial charge in [0.2, 0.25) is 0 Å². The summed E-state index contributed by atoms with van der Waals surface area (Å²) < 4.78 is 5.61. The van der Waals surface area contributed by atoms with Crippen molar-refractivity contribution in [1.82, 2.24) is 0 Å². The molecule has 0 aromatic rings. The molecule has 6 fully saturated rings. The van der Waals surface area contributed by atoms with E-state index < -0.39 is 0 Å². The van der Waals surface area contributed by atoms with Crippen LogP contribution >= 0.6 is 0 Å². The predicted octanol–water partition coefficient (Wildman–Crippen LogP) is 1.62. The van der Waals surface area contributed by atoms with Gasteiger partial charge in [-0.1, -0.05) is 12.2 Å². The van der Waals surface area contributed by atoms with Crippen LogP contribution in [0.4, 0.5) is 0 Å². The molecule has 0 aromatic heterocycles. The number of carbonyl (C=O) groups excluding carboxylic acids is 1. The average molecular weight is 202 g/mol. The van der Waals surface area contributed by atoms with Crippen LogP contribution in [0, 0.1) is 40.9 Å². The molecule has 6 rings (SSSR count). The van der Waals surface area contributed by atoms with Gasteiger partial charge in [0.1, 0.15) is 5.60 Å². The second-order valence-electron chi connectivity index (χ2n) is 6.10. The Kier molecular flexibility index (Phi) is 0.792. The van der Waals surface area contributed by atoms with E-state index in [0.717, 1.165) is 35.5 Å². The molecule has 6 saturated carbocycles. The Morgan fingerprint density at radius 2 is 1.67 bits per heavy atom. The molecule has 0 amide bonds. The summed E-state index contributed by atoms with van der Waals surface area (Å²) in [6, 6.07) is 0. The van der Waals surface area contributed by atoms with Gasteiger partial charge in [-0.15, -0.1) is 0 Å². The number of ether oxygens (including phenoxy) is 1. The Hall–Kier alpha value is -0.790. The van der Waals surface area contributed by atoms with Crippen LogP contribution in [0.2, 0.25) is 0 Å². The van der Waals surface area contributed by atoms with Gasteiger partial charge in [-0.2, -0.15) is 0 Å². The second-order valence-corrected chi connectivity index (χ2v) is 6.10. The van der Waals surface area contributed by atoms with Crippen molar-refractivity contribution in [2.24, 2.45) is 40.9 Å². The normalized spacial score (nSPS) is 73.2. The summed E-state index contributed by atoms with van der Waals surface area (Å²) in [5.74, 6) is 4.91. The third-order valence-corrected chi connectivity index (χ3v) is 6.39. The summed E-state index contributed by atoms with van der Waals surface area (Å²) in [5.41, 5.74) is 0.686. The van der Waals surface area contributed by atoms with Crippen LogP contribution in [0.15, 0.2) is 12.2 Å². The molecule has 0 saturated heterocycles. The Morgan fingerprint density at radius 1 is 1.13 bits per heavy atom. The summed E-state index contributed by atoms with van der Waals surface area (Å²) >= 11 is 0.